The summed E-state index contributed by atoms with van der Waals surface area (Å²) in [6, 6.07) is 2.36. The maximum atomic E-state index is 12.2. The Morgan fingerprint density at radius 3 is 2.76 bits per heavy atom. The zero-order valence-corrected chi connectivity index (χ0v) is 14.4. The van der Waals surface area contributed by atoms with Crippen LogP contribution in [0.5, 0.6) is 0 Å². The highest BCUT2D eigenvalue weighted by atomic mass is 32.2. The topological polar surface area (TPSA) is 61.4 Å². The van der Waals surface area contributed by atoms with Crippen LogP contribution >= 0.6 is 11.3 Å². The van der Waals surface area contributed by atoms with Gasteiger partial charge in [-0.25, -0.2) is 13.1 Å². The predicted octanol–water partition coefficient (Wildman–Crippen LogP) is 1.62. The van der Waals surface area contributed by atoms with Crippen LogP contribution in [0.2, 0.25) is 0 Å². The van der Waals surface area contributed by atoms with Crippen molar-refractivity contribution >= 4 is 21.4 Å². The van der Waals surface area contributed by atoms with E-state index < -0.39 is 10.0 Å². The molecule has 1 saturated carbocycles. The van der Waals surface area contributed by atoms with Crippen LogP contribution in [0.3, 0.4) is 0 Å². The highest BCUT2D eigenvalue weighted by Crippen LogP contribution is 2.22. The Morgan fingerprint density at radius 1 is 1.38 bits per heavy atom. The molecule has 7 heteroatoms. The van der Waals surface area contributed by atoms with Crippen molar-refractivity contribution in [3.05, 3.63) is 16.3 Å². The number of thiophene rings is 1. The molecule has 5 nitrogen and oxygen atoms in total. The Labute approximate surface area is 131 Å². The quantitative estimate of drug-likeness (QED) is 0.760. The van der Waals surface area contributed by atoms with E-state index in [1.165, 1.54) is 37.0 Å². The van der Waals surface area contributed by atoms with E-state index in [1.54, 1.807) is 11.4 Å². The molecular formula is C14H25N3O2S2. The first-order chi connectivity index (χ1) is 10.0. The lowest BCUT2D eigenvalue weighted by Crippen LogP contribution is -2.37. The first-order valence-corrected chi connectivity index (χ1v) is 9.81. The van der Waals surface area contributed by atoms with E-state index in [1.807, 2.05) is 7.05 Å². The van der Waals surface area contributed by atoms with E-state index in [0.717, 1.165) is 11.4 Å². The molecule has 0 saturated heterocycles. The fourth-order valence-corrected chi connectivity index (χ4v) is 5.04. The van der Waals surface area contributed by atoms with Crippen molar-refractivity contribution in [2.75, 3.05) is 27.2 Å². The van der Waals surface area contributed by atoms with Crippen LogP contribution in [0.25, 0.3) is 0 Å². The summed E-state index contributed by atoms with van der Waals surface area (Å²) < 4.78 is 27.1. The van der Waals surface area contributed by atoms with Gasteiger partial charge in [-0.1, -0.05) is 12.8 Å². The summed E-state index contributed by atoms with van der Waals surface area (Å²) >= 11 is 1.47. The van der Waals surface area contributed by atoms with Gasteiger partial charge >= 0.3 is 0 Å². The van der Waals surface area contributed by atoms with E-state index in [0.29, 0.717) is 24.0 Å². The molecule has 0 radical (unpaired) electrons. The van der Waals surface area contributed by atoms with E-state index in [9.17, 15) is 8.42 Å². The summed E-state index contributed by atoms with van der Waals surface area (Å²) in [6.07, 6.45) is 5.07. The van der Waals surface area contributed by atoms with Crippen LogP contribution in [0.4, 0.5) is 0 Å². The van der Waals surface area contributed by atoms with Gasteiger partial charge in [0.15, 0.2) is 0 Å². The van der Waals surface area contributed by atoms with Crippen LogP contribution in [-0.2, 0) is 16.6 Å². The van der Waals surface area contributed by atoms with Gasteiger partial charge in [0.05, 0.1) is 4.90 Å². The van der Waals surface area contributed by atoms with E-state index in [4.69, 9.17) is 0 Å². The number of nitrogens with one attached hydrogen (secondary N) is 2. The molecule has 1 aliphatic carbocycles. The molecule has 0 amide bonds. The zero-order chi connectivity index (χ0) is 15.3. The van der Waals surface area contributed by atoms with Crippen LogP contribution in [-0.4, -0.2) is 46.5 Å². The Bertz CT molecular complexity index is 536. The highest BCUT2D eigenvalue weighted by molar-refractivity contribution is 7.89. The average Bonchev–Trinajstić information content (AvgIpc) is 3.10. The maximum Gasteiger partial charge on any atom is 0.241 e. The van der Waals surface area contributed by atoms with Gasteiger partial charge in [-0.2, -0.15) is 0 Å². The molecule has 1 aliphatic rings. The van der Waals surface area contributed by atoms with Crippen molar-refractivity contribution < 1.29 is 8.42 Å². The van der Waals surface area contributed by atoms with Gasteiger partial charge in [0.2, 0.25) is 10.0 Å². The minimum absolute atomic E-state index is 0.376. The molecule has 1 heterocycles. The first-order valence-electron chi connectivity index (χ1n) is 7.45. The van der Waals surface area contributed by atoms with Crippen LogP contribution in [0.1, 0.15) is 30.6 Å². The number of nitrogens with zero attached hydrogens (tertiary/aromatic N) is 1. The second-order valence-electron chi connectivity index (χ2n) is 5.60. The predicted molar refractivity (Wildman–Crippen MR) is 87.2 cm³/mol. The van der Waals surface area contributed by atoms with Crippen molar-refractivity contribution in [2.45, 2.75) is 43.2 Å². The summed E-state index contributed by atoms with van der Waals surface area (Å²) in [7, 11) is 0.564. The fraction of sp³-hybridized carbons (Fsp3) is 0.714. The SMILES string of the molecule is CNCc1cc(S(=O)(=O)NCCN(C)C2CCCC2)cs1. The molecule has 1 aromatic heterocycles. The minimum Gasteiger partial charge on any atom is -0.315 e. The number of rotatable bonds is 8. The average molecular weight is 332 g/mol. The van der Waals surface area contributed by atoms with Gasteiger partial charge in [-0.15, -0.1) is 11.3 Å². The van der Waals surface area contributed by atoms with E-state index >= 15 is 0 Å². The van der Waals surface area contributed by atoms with Crippen molar-refractivity contribution in [1.29, 1.82) is 0 Å². The molecule has 2 rings (SSSR count). The van der Waals surface area contributed by atoms with Crippen LogP contribution in [0.15, 0.2) is 16.3 Å². The van der Waals surface area contributed by atoms with Crippen molar-refractivity contribution in [1.82, 2.24) is 14.9 Å². The zero-order valence-electron chi connectivity index (χ0n) is 12.8. The van der Waals surface area contributed by atoms with Crippen LogP contribution < -0.4 is 10.0 Å². The van der Waals surface area contributed by atoms with E-state index in [-0.39, 0.29) is 0 Å². The standard InChI is InChI=1S/C14H25N3O2S2/c1-15-10-13-9-14(11-20-13)21(18,19)16-7-8-17(2)12-5-3-4-6-12/h9,11-12,15-16H,3-8,10H2,1-2H3. The second kappa shape index (κ2) is 7.69. The Balaban J connectivity index is 1.82. The Morgan fingerprint density at radius 2 is 2.10 bits per heavy atom. The Kier molecular flexibility index (Phi) is 6.19. The lowest BCUT2D eigenvalue weighted by atomic mass is 10.2. The van der Waals surface area contributed by atoms with Crippen LogP contribution in [0, 0.1) is 0 Å². The highest BCUT2D eigenvalue weighted by Gasteiger charge is 2.20. The maximum absolute atomic E-state index is 12.2. The normalized spacial score (nSPS) is 16.9. The number of hydrogen-bond donors (Lipinski definition) is 2. The lowest BCUT2D eigenvalue weighted by Gasteiger charge is -2.23. The third-order valence-electron chi connectivity index (χ3n) is 4.00. The molecule has 1 aromatic rings. The smallest absolute Gasteiger partial charge is 0.241 e. The monoisotopic (exact) mass is 331 g/mol. The van der Waals surface area contributed by atoms with Gasteiger partial charge < -0.3 is 10.2 Å². The van der Waals surface area contributed by atoms with Gasteiger partial charge in [-0.05, 0) is 33.0 Å². The molecule has 120 valence electrons. The summed E-state index contributed by atoms with van der Waals surface area (Å²) in [4.78, 5) is 3.68. The molecule has 0 unspecified atom stereocenters. The molecule has 0 aliphatic heterocycles. The Hall–Kier alpha value is -0.470. The number of sulfonamides is 1. The third kappa shape index (κ3) is 4.75. The summed E-state index contributed by atoms with van der Waals surface area (Å²) in [5.41, 5.74) is 0. The number of hydrogen-bond acceptors (Lipinski definition) is 5. The second-order valence-corrected chi connectivity index (χ2v) is 8.36. The molecular weight excluding hydrogens is 306 g/mol. The molecule has 21 heavy (non-hydrogen) atoms. The third-order valence-corrected chi connectivity index (χ3v) is 6.52. The van der Waals surface area contributed by atoms with Crippen molar-refractivity contribution in [3.8, 4) is 0 Å². The summed E-state index contributed by atoms with van der Waals surface area (Å²) in [6.45, 7) is 1.93. The lowest BCUT2D eigenvalue weighted by molar-refractivity contribution is 0.250. The molecule has 2 N–H and O–H groups in total. The van der Waals surface area contributed by atoms with Gasteiger partial charge in [0, 0.05) is 35.9 Å². The largest absolute Gasteiger partial charge is 0.315 e. The molecule has 1 fully saturated rings. The molecule has 0 bridgehead atoms. The fourth-order valence-electron chi connectivity index (χ4n) is 2.74. The summed E-state index contributed by atoms with van der Waals surface area (Å²) in [5.74, 6) is 0. The van der Waals surface area contributed by atoms with Crippen molar-refractivity contribution in [3.63, 3.8) is 0 Å². The minimum atomic E-state index is -3.37. The number of likely N-dealkylation sites (N-methyl/N-ethyl adjacent to an activating group) is 1. The van der Waals surface area contributed by atoms with Crippen molar-refractivity contribution in [2.24, 2.45) is 0 Å². The van der Waals surface area contributed by atoms with E-state index in [2.05, 4.69) is 22.0 Å². The first kappa shape index (κ1) is 16.9. The molecule has 0 aromatic carbocycles. The summed E-state index contributed by atoms with van der Waals surface area (Å²) in [5, 5.41) is 4.73. The van der Waals surface area contributed by atoms with Gasteiger partial charge in [0.1, 0.15) is 0 Å². The van der Waals surface area contributed by atoms with Gasteiger partial charge in [0.25, 0.3) is 0 Å². The molecule has 0 atom stereocenters. The van der Waals surface area contributed by atoms with Gasteiger partial charge in [-0.3, -0.25) is 0 Å². The molecule has 0 spiro atoms.